The van der Waals surface area contributed by atoms with Crippen molar-refractivity contribution in [3.63, 3.8) is 0 Å². The lowest BCUT2D eigenvalue weighted by atomic mass is 10.2. The molecule has 0 fully saturated rings. The van der Waals surface area contributed by atoms with Gasteiger partial charge in [-0.2, -0.15) is 0 Å². The van der Waals surface area contributed by atoms with Crippen LogP contribution in [0.15, 0.2) is 12.3 Å². The third-order valence-corrected chi connectivity index (χ3v) is 2.73. The van der Waals surface area contributed by atoms with Gasteiger partial charge in [0.05, 0.1) is 12.1 Å². The topological polar surface area (TPSA) is 81.3 Å². The molecular weight excluding hydrogens is 264 g/mol. The monoisotopic (exact) mass is 282 g/mol. The maximum Gasteiger partial charge on any atom is 0.376 e. The Balaban J connectivity index is 2.96. The van der Waals surface area contributed by atoms with Gasteiger partial charge in [-0.25, -0.2) is 14.8 Å². The van der Waals surface area contributed by atoms with Crippen LogP contribution in [0.25, 0.3) is 0 Å². The number of esters is 1. The first-order valence-corrected chi connectivity index (χ1v) is 6.32. The molecule has 1 aromatic rings. The normalized spacial score (nSPS) is 10.3. The molecule has 0 saturated heterocycles. The van der Waals surface area contributed by atoms with E-state index in [9.17, 15) is 4.79 Å². The number of carbonyl (C=O) groups excluding carboxylic acids is 1. The van der Waals surface area contributed by atoms with Crippen molar-refractivity contribution < 1.29 is 9.53 Å². The predicted molar refractivity (Wildman–Crippen MR) is 77.3 cm³/mol. The molecule has 2 N–H and O–H groups in total. The van der Waals surface area contributed by atoms with E-state index in [1.54, 1.807) is 6.07 Å². The fourth-order valence-corrected chi connectivity index (χ4v) is 1.66. The predicted octanol–water partition coefficient (Wildman–Crippen LogP) is 1.15. The molecule has 0 spiro atoms. The second kappa shape index (κ2) is 6.98. The summed E-state index contributed by atoms with van der Waals surface area (Å²) in [5.41, 5.74) is 5.52. The summed E-state index contributed by atoms with van der Waals surface area (Å²) in [6, 6.07) is 1.95. The molecule has 0 aliphatic rings. The van der Waals surface area contributed by atoms with Crippen LogP contribution in [0.4, 0.5) is 5.82 Å². The first kappa shape index (κ1) is 15.3. The van der Waals surface area contributed by atoms with Crippen molar-refractivity contribution in [2.45, 2.75) is 26.3 Å². The molecule has 19 heavy (non-hydrogen) atoms. The second-order valence-electron chi connectivity index (χ2n) is 4.23. The summed E-state index contributed by atoms with van der Waals surface area (Å²) in [6.07, 6.45) is 2.12. The van der Waals surface area contributed by atoms with Gasteiger partial charge in [-0.3, -0.25) is 0 Å². The van der Waals surface area contributed by atoms with Crippen molar-refractivity contribution >= 4 is 29.0 Å². The molecule has 0 aliphatic heterocycles. The molecule has 6 nitrogen and oxygen atoms in total. The Kier molecular flexibility index (Phi) is 5.62. The van der Waals surface area contributed by atoms with E-state index in [0.717, 1.165) is 0 Å². The van der Waals surface area contributed by atoms with Crippen molar-refractivity contribution in [3.8, 4) is 0 Å². The van der Waals surface area contributed by atoms with Gasteiger partial charge in [0.15, 0.2) is 0 Å². The number of anilines is 1. The minimum absolute atomic E-state index is 0.0426. The fraction of sp³-hybridized carbons (Fsp3) is 0.500. The van der Waals surface area contributed by atoms with Crippen LogP contribution in [0.3, 0.4) is 0 Å². The molecule has 0 aromatic carbocycles. The third-order valence-electron chi connectivity index (χ3n) is 2.53. The summed E-state index contributed by atoms with van der Waals surface area (Å²) in [7, 11) is 1.30. The fourth-order valence-electron chi connectivity index (χ4n) is 1.57. The van der Waals surface area contributed by atoms with E-state index >= 15 is 0 Å². The van der Waals surface area contributed by atoms with Crippen molar-refractivity contribution in [1.82, 2.24) is 9.97 Å². The minimum atomic E-state index is -0.556. The molecule has 104 valence electrons. The number of rotatable bonds is 6. The highest BCUT2D eigenvalue weighted by Crippen LogP contribution is 2.14. The molecule has 1 heterocycles. The van der Waals surface area contributed by atoms with Crippen LogP contribution in [0.1, 0.15) is 30.9 Å². The van der Waals surface area contributed by atoms with Crippen molar-refractivity contribution in [2.75, 3.05) is 18.6 Å². The number of hydrogen-bond donors (Lipinski definition) is 1. The van der Waals surface area contributed by atoms with E-state index in [1.165, 1.54) is 13.3 Å². The second-order valence-corrected chi connectivity index (χ2v) is 4.76. The van der Waals surface area contributed by atoms with E-state index in [2.05, 4.69) is 14.7 Å². The number of carbonyl (C=O) groups is 1. The number of ether oxygens (including phenoxy) is 1. The number of aromatic nitrogens is 2. The van der Waals surface area contributed by atoms with Gasteiger partial charge in [-0.05, 0) is 19.9 Å². The van der Waals surface area contributed by atoms with Crippen LogP contribution in [-0.2, 0) is 4.74 Å². The summed E-state index contributed by atoms with van der Waals surface area (Å²) in [4.78, 5) is 22.0. The molecule has 0 unspecified atom stereocenters. The van der Waals surface area contributed by atoms with Gasteiger partial charge in [0.1, 0.15) is 5.82 Å². The lowest BCUT2D eigenvalue weighted by molar-refractivity contribution is 0.0586. The van der Waals surface area contributed by atoms with Gasteiger partial charge in [-0.15, -0.1) is 0 Å². The average Bonchev–Trinajstić information content (AvgIpc) is 2.37. The molecule has 1 rings (SSSR count). The van der Waals surface area contributed by atoms with Gasteiger partial charge in [-0.1, -0.05) is 12.2 Å². The lowest BCUT2D eigenvalue weighted by Crippen LogP contribution is -2.34. The van der Waals surface area contributed by atoms with Crippen LogP contribution in [-0.4, -0.2) is 40.6 Å². The highest BCUT2D eigenvalue weighted by atomic mass is 32.1. The molecule has 0 aliphatic carbocycles. The Bertz CT molecular complexity index is 465. The zero-order valence-corrected chi connectivity index (χ0v) is 12.1. The van der Waals surface area contributed by atoms with Crippen LogP contribution in [0.5, 0.6) is 0 Å². The number of nitrogens with zero attached hydrogens (tertiary/aromatic N) is 3. The van der Waals surface area contributed by atoms with Crippen LogP contribution >= 0.6 is 12.2 Å². The first-order valence-electron chi connectivity index (χ1n) is 5.92. The summed E-state index contributed by atoms with van der Waals surface area (Å²) in [5.74, 6) is 0.141. The highest BCUT2D eigenvalue weighted by molar-refractivity contribution is 7.80. The summed E-state index contributed by atoms with van der Waals surface area (Å²) in [5, 5.41) is 0. The Morgan fingerprint density at radius 1 is 1.58 bits per heavy atom. The van der Waals surface area contributed by atoms with Crippen LogP contribution in [0, 0.1) is 0 Å². The average molecular weight is 282 g/mol. The Morgan fingerprint density at radius 3 is 2.79 bits per heavy atom. The third kappa shape index (κ3) is 4.44. The maximum absolute atomic E-state index is 11.4. The zero-order chi connectivity index (χ0) is 14.4. The molecule has 0 radical (unpaired) electrons. The van der Waals surface area contributed by atoms with E-state index in [4.69, 9.17) is 18.0 Å². The molecule has 0 atom stereocenters. The van der Waals surface area contributed by atoms with Gasteiger partial charge in [0.25, 0.3) is 0 Å². The van der Waals surface area contributed by atoms with Gasteiger partial charge in [0.2, 0.25) is 5.82 Å². The maximum atomic E-state index is 11.4. The molecule has 1 aromatic heterocycles. The Hall–Kier alpha value is -1.76. The number of methoxy groups -OCH3 is 1. The largest absolute Gasteiger partial charge is 0.463 e. The van der Waals surface area contributed by atoms with Crippen molar-refractivity contribution in [3.05, 3.63) is 18.1 Å². The summed E-state index contributed by atoms with van der Waals surface area (Å²) < 4.78 is 4.61. The molecule has 7 heteroatoms. The lowest BCUT2D eigenvalue weighted by Gasteiger charge is -2.27. The minimum Gasteiger partial charge on any atom is -0.463 e. The summed E-state index contributed by atoms with van der Waals surface area (Å²) >= 11 is 4.88. The molecule has 0 saturated carbocycles. The molecule has 0 bridgehead atoms. The van der Waals surface area contributed by atoms with Crippen LogP contribution < -0.4 is 10.6 Å². The van der Waals surface area contributed by atoms with Crippen molar-refractivity contribution in [1.29, 1.82) is 0 Å². The van der Waals surface area contributed by atoms with E-state index in [-0.39, 0.29) is 11.9 Å². The standard InChI is InChI=1S/C12H18N4O2S/c1-8(2)16(7-5-9(13)19)10-4-6-14-11(15-10)12(17)18-3/h4,6,8H,5,7H2,1-3H3,(H2,13,19). The first-order chi connectivity index (χ1) is 8.95. The zero-order valence-electron chi connectivity index (χ0n) is 11.3. The van der Waals surface area contributed by atoms with Gasteiger partial charge in [0, 0.05) is 25.2 Å². The Morgan fingerprint density at radius 2 is 2.26 bits per heavy atom. The smallest absolute Gasteiger partial charge is 0.376 e. The molecular formula is C12H18N4O2S. The van der Waals surface area contributed by atoms with E-state index in [1.807, 2.05) is 18.7 Å². The van der Waals surface area contributed by atoms with Crippen LogP contribution in [0.2, 0.25) is 0 Å². The number of hydrogen-bond acceptors (Lipinski definition) is 6. The van der Waals surface area contributed by atoms with Crippen molar-refractivity contribution in [2.24, 2.45) is 5.73 Å². The highest BCUT2D eigenvalue weighted by Gasteiger charge is 2.16. The number of nitrogens with two attached hydrogens (primary N) is 1. The van der Waals surface area contributed by atoms with Gasteiger partial charge >= 0.3 is 5.97 Å². The SMILES string of the molecule is COC(=O)c1nccc(N(CCC(N)=S)C(C)C)n1. The van der Waals surface area contributed by atoms with E-state index < -0.39 is 5.97 Å². The Labute approximate surface area is 118 Å². The van der Waals surface area contributed by atoms with Gasteiger partial charge < -0.3 is 15.4 Å². The quantitative estimate of drug-likeness (QED) is 0.619. The van der Waals surface area contributed by atoms with E-state index in [0.29, 0.717) is 23.8 Å². The molecule has 0 amide bonds. The summed E-state index contributed by atoms with van der Waals surface area (Å²) in [6.45, 7) is 4.70. The number of thiocarbonyl (C=S) groups is 1.